The molecule has 1 spiro atoms. The van der Waals surface area contributed by atoms with Crippen molar-refractivity contribution in [1.29, 1.82) is 0 Å². The first-order valence-corrected chi connectivity index (χ1v) is 9.31. The molecule has 1 amide bonds. The molecule has 0 saturated carbocycles. The molecule has 2 aromatic heterocycles. The molecule has 7 nitrogen and oxygen atoms in total. The number of carbonyl (C=O) groups is 1. The molecule has 2 aliphatic rings. The van der Waals surface area contributed by atoms with Crippen molar-refractivity contribution in [2.75, 3.05) is 19.6 Å². The van der Waals surface area contributed by atoms with Crippen LogP contribution in [-0.2, 0) is 24.9 Å². The summed E-state index contributed by atoms with van der Waals surface area (Å²) in [6.07, 6.45) is 2.06. The third-order valence-electron chi connectivity index (χ3n) is 5.91. The molecule has 0 N–H and O–H groups in total. The van der Waals surface area contributed by atoms with Crippen LogP contribution in [0.5, 0.6) is 0 Å². The maximum atomic E-state index is 13.0. The summed E-state index contributed by atoms with van der Waals surface area (Å²) < 4.78 is 7.18. The first kappa shape index (κ1) is 17.3. The Morgan fingerprint density at radius 3 is 2.65 bits per heavy atom. The zero-order chi connectivity index (χ0) is 18.5. The monoisotopic (exact) mass is 357 g/mol. The fraction of sp³-hybridized carbons (Fsp3) is 0.632. The molecular formula is C19H27N5O2. The molecule has 7 heteroatoms. The van der Waals surface area contributed by atoms with Gasteiger partial charge in [0, 0.05) is 32.2 Å². The van der Waals surface area contributed by atoms with Crippen molar-refractivity contribution in [3.63, 3.8) is 0 Å². The second-order valence-electron chi connectivity index (χ2n) is 7.96. The van der Waals surface area contributed by atoms with E-state index in [-0.39, 0.29) is 11.3 Å². The number of aryl methyl sites for hydroxylation is 4. The molecule has 26 heavy (non-hydrogen) atoms. The summed E-state index contributed by atoms with van der Waals surface area (Å²) in [6, 6.07) is 2.13. The SMILES string of the molecule is Cc1cc(CN2CCCC3(C2)CN(Cc2c(C)noc2C)C3=O)n(C)n1. The Labute approximate surface area is 153 Å². The van der Waals surface area contributed by atoms with Gasteiger partial charge in [0.25, 0.3) is 0 Å². The van der Waals surface area contributed by atoms with Crippen LogP contribution in [0.3, 0.4) is 0 Å². The van der Waals surface area contributed by atoms with Crippen LogP contribution in [0.25, 0.3) is 0 Å². The van der Waals surface area contributed by atoms with E-state index in [1.807, 2.05) is 37.4 Å². The summed E-state index contributed by atoms with van der Waals surface area (Å²) in [5.41, 5.74) is 3.98. The van der Waals surface area contributed by atoms with Crippen LogP contribution in [0, 0.1) is 26.2 Å². The molecule has 2 fully saturated rings. The minimum Gasteiger partial charge on any atom is -0.361 e. The Morgan fingerprint density at radius 1 is 1.23 bits per heavy atom. The normalized spacial score (nSPS) is 23.7. The van der Waals surface area contributed by atoms with E-state index in [0.29, 0.717) is 6.54 Å². The number of β-lactam (4-membered cyclic amide) rings is 1. The van der Waals surface area contributed by atoms with Gasteiger partial charge in [-0.2, -0.15) is 5.10 Å². The zero-order valence-electron chi connectivity index (χ0n) is 16.1. The Balaban J connectivity index is 1.41. The van der Waals surface area contributed by atoms with Gasteiger partial charge in [0.2, 0.25) is 5.91 Å². The smallest absolute Gasteiger partial charge is 0.232 e. The minimum absolute atomic E-state index is 0.204. The Morgan fingerprint density at radius 2 is 2.04 bits per heavy atom. The molecule has 4 heterocycles. The predicted molar refractivity (Wildman–Crippen MR) is 96.3 cm³/mol. The second kappa shape index (κ2) is 6.23. The van der Waals surface area contributed by atoms with Gasteiger partial charge in [0.15, 0.2) is 0 Å². The molecule has 2 aromatic rings. The van der Waals surface area contributed by atoms with Gasteiger partial charge in [-0.15, -0.1) is 0 Å². The largest absolute Gasteiger partial charge is 0.361 e. The van der Waals surface area contributed by atoms with E-state index in [1.165, 1.54) is 5.69 Å². The number of aromatic nitrogens is 3. The summed E-state index contributed by atoms with van der Waals surface area (Å²) in [5, 5.41) is 8.43. The average Bonchev–Trinajstić information content (AvgIpc) is 3.09. The lowest BCUT2D eigenvalue weighted by atomic mass is 9.72. The fourth-order valence-electron chi connectivity index (χ4n) is 4.50. The molecule has 1 atom stereocenters. The van der Waals surface area contributed by atoms with Crippen molar-refractivity contribution in [3.8, 4) is 0 Å². The lowest BCUT2D eigenvalue weighted by Crippen LogP contribution is -2.66. The van der Waals surface area contributed by atoms with Gasteiger partial charge in [-0.1, -0.05) is 5.16 Å². The van der Waals surface area contributed by atoms with Gasteiger partial charge in [0.1, 0.15) is 5.76 Å². The number of amides is 1. The minimum atomic E-state index is -0.204. The van der Waals surface area contributed by atoms with Crippen LogP contribution in [0.15, 0.2) is 10.6 Å². The highest BCUT2D eigenvalue weighted by molar-refractivity contribution is 5.89. The van der Waals surface area contributed by atoms with E-state index in [1.54, 1.807) is 0 Å². The van der Waals surface area contributed by atoms with Crippen molar-refractivity contribution in [1.82, 2.24) is 24.7 Å². The molecular weight excluding hydrogens is 330 g/mol. The number of rotatable bonds is 4. The van der Waals surface area contributed by atoms with E-state index in [2.05, 4.69) is 21.2 Å². The van der Waals surface area contributed by atoms with Gasteiger partial charge >= 0.3 is 0 Å². The van der Waals surface area contributed by atoms with E-state index in [9.17, 15) is 4.79 Å². The molecule has 0 bridgehead atoms. The van der Waals surface area contributed by atoms with Crippen molar-refractivity contribution in [3.05, 3.63) is 34.5 Å². The molecule has 4 rings (SSSR count). The van der Waals surface area contributed by atoms with Crippen LogP contribution in [0.1, 0.15) is 41.2 Å². The van der Waals surface area contributed by atoms with Crippen LogP contribution in [0.2, 0.25) is 0 Å². The van der Waals surface area contributed by atoms with E-state index in [4.69, 9.17) is 4.52 Å². The summed E-state index contributed by atoms with van der Waals surface area (Å²) in [6.45, 7) is 10.0. The van der Waals surface area contributed by atoms with Gasteiger partial charge in [-0.05, 0) is 46.2 Å². The quantitative estimate of drug-likeness (QED) is 0.783. The average molecular weight is 357 g/mol. The number of likely N-dealkylation sites (tertiary alicyclic amines) is 2. The summed E-state index contributed by atoms with van der Waals surface area (Å²) in [7, 11) is 1.99. The van der Waals surface area contributed by atoms with E-state index < -0.39 is 0 Å². The molecule has 0 aliphatic carbocycles. The van der Waals surface area contributed by atoms with Crippen LogP contribution in [-0.4, -0.2) is 50.3 Å². The Kier molecular flexibility index (Phi) is 4.14. The number of hydrogen-bond acceptors (Lipinski definition) is 5. The van der Waals surface area contributed by atoms with Crippen molar-refractivity contribution < 1.29 is 9.32 Å². The standard InChI is InChI=1S/C19H27N5O2/c1-13-8-16(22(4)20-13)9-23-7-5-6-19(11-23)12-24(18(19)25)10-17-14(2)21-26-15(17)3/h8H,5-7,9-12H2,1-4H3. The highest BCUT2D eigenvalue weighted by Crippen LogP contribution is 2.41. The highest BCUT2D eigenvalue weighted by Gasteiger charge is 2.53. The maximum absolute atomic E-state index is 13.0. The lowest BCUT2D eigenvalue weighted by Gasteiger charge is -2.53. The van der Waals surface area contributed by atoms with Crippen molar-refractivity contribution in [2.45, 2.75) is 46.7 Å². The maximum Gasteiger partial charge on any atom is 0.232 e. The van der Waals surface area contributed by atoms with Crippen LogP contribution in [0.4, 0.5) is 0 Å². The molecule has 0 aromatic carbocycles. The predicted octanol–water partition coefficient (Wildman–Crippen LogP) is 1.96. The molecule has 2 aliphatic heterocycles. The van der Waals surface area contributed by atoms with Crippen molar-refractivity contribution >= 4 is 5.91 Å². The number of hydrogen-bond donors (Lipinski definition) is 0. The van der Waals surface area contributed by atoms with Gasteiger partial charge in [-0.25, -0.2) is 0 Å². The third kappa shape index (κ3) is 2.84. The van der Waals surface area contributed by atoms with Crippen molar-refractivity contribution in [2.24, 2.45) is 12.5 Å². The molecule has 0 radical (unpaired) electrons. The number of carbonyl (C=O) groups excluding carboxylic acids is 1. The van der Waals surface area contributed by atoms with Gasteiger partial charge in [0.05, 0.1) is 29.0 Å². The summed E-state index contributed by atoms with van der Waals surface area (Å²) >= 11 is 0. The first-order valence-electron chi connectivity index (χ1n) is 9.31. The first-order chi connectivity index (χ1) is 12.4. The number of nitrogens with zero attached hydrogens (tertiary/aromatic N) is 5. The molecule has 2 saturated heterocycles. The highest BCUT2D eigenvalue weighted by atomic mass is 16.5. The van der Waals surface area contributed by atoms with E-state index in [0.717, 1.165) is 61.7 Å². The van der Waals surface area contributed by atoms with Crippen LogP contribution >= 0.6 is 0 Å². The van der Waals surface area contributed by atoms with Gasteiger partial charge in [-0.3, -0.25) is 14.4 Å². The Bertz CT molecular complexity index is 820. The zero-order valence-corrected chi connectivity index (χ0v) is 16.1. The lowest BCUT2D eigenvalue weighted by molar-refractivity contribution is -0.167. The summed E-state index contributed by atoms with van der Waals surface area (Å²) in [4.78, 5) is 17.3. The second-order valence-corrected chi connectivity index (χ2v) is 7.96. The van der Waals surface area contributed by atoms with Crippen LogP contribution < -0.4 is 0 Å². The third-order valence-corrected chi connectivity index (χ3v) is 5.91. The Hall–Kier alpha value is -2.15. The summed E-state index contributed by atoms with van der Waals surface area (Å²) in [5.74, 6) is 1.09. The molecule has 1 unspecified atom stereocenters. The fourth-order valence-corrected chi connectivity index (χ4v) is 4.50. The molecule has 140 valence electrons. The number of piperidine rings is 1. The van der Waals surface area contributed by atoms with Gasteiger partial charge < -0.3 is 9.42 Å². The topological polar surface area (TPSA) is 67.4 Å². The van der Waals surface area contributed by atoms with E-state index >= 15 is 0 Å².